The van der Waals surface area contributed by atoms with Crippen LogP contribution in [-0.4, -0.2) is 29.9 Å². The Morgan fingerprint density at radius 1 is 0.216 bits per heavy atom. The summed E-state index contributed by atoms with van der Waals surface area (Å²) in [5.74, 6) is 5.12. The fraction of sp³-hybridized carbons (Fsp3) is 0.0149. The molecular formula is C67H42N6O. The monoisotopic (exact) mass is 946 g/mol. The Morgan fingerprint density at radius 3 is 0.838 bits per heavy atom. The zero-order chi connectivity index (χ0) is 49.0. The Kier molecular flexibility index (Phi) is 10.3. The number of nitrogens with zero attached hydrogens (tertiary/aromatic N) is 6. The van der Waals surface area contributed by atoms with Gasteiger partial charge in [0.2, 0.25) is 0 Å². The van der Waals surface area contributed by atoms with Crippen molar-refractivity contribution in [2.24, 2.45) is 0 Å². The molecule has 0 amide bonds. The van der Waals surface area contributed by atoms with Crippen molar-refractivity contribution in [3.05, 3.63) is 277 Å². The summed E-state index contributed by atoms with van der Waals surface area (Å²) in [5.41, 5.74) is 15.5. The molecule has 1 aliphatic carbocycles. The van der Waals surface area contributed by atoms with Crippen LogP contribution in [0.1, 0.15) is 22.3 Å². The predicted octanol–water partition coefficient (Wildman–Crippen LogP) is 15.9. The van der Waals surface area contributed by atoms with Gasteiger partial charge in [0.15, 0.2) is 34.9 Å². The van der Waals surface area contributed by atoms with Crippen molar-refractivity contribution in [2.75, 3.05) is 0 Å². The molecule has 0 unspecified atom stereocenters. The van der Waals surface area contributed by atoms with Crippen LogP contribution in [-0.2, 0) is 5.41 Å². The van der Waals surface area contributed by atoms with Gasteiger partial charge >= 0.3 is 0 Å². The maximum Gasteiger partial charge on any atom is 0.164 e. The highest BCUT2D eigenvalue weighted by Gasteiger charge is 2.51. The summed E-state index contributed by atoms with van der Waals surface area (Å²) in [6, 6.07) is 88.1. The van der Waals surface area contributed by atoms with Gasteiger partial charge in [-0.1, -0.05) is 231 Å². The smallest absolute Gasteiger partial charge is 0.164 e. The molecule has 10 aromatic carbocycles. The van der Waals surface area contributed by atoms with E-state index in [1.807, 2.05) is 84.9 Å². The molecular weight excluding hydrogens is 905 g/mol. The van der Waals surface area contributed by atoms with Gasteiger partial charge in [-0.05, 0) is 68.8 Å². The molecule has 2 aliphatic rings. The van der Waals surface area contributed by atoms with Crippen molar-refractivity contribution in [3.63, 3.8) is 0 Å². The van der Waals surface area contributed by atoms with Crippen molar-refractivity contribution < 1.29 is 4.74 Å². The summed E-state index contributed by atoms with van der Waals surface area (Å²) in [5, 5.41) is 0. The van der Waals surface area contributed by atoms with Gasteiger partial charge < -0.3 is 4.74 Å². The van der Waals surface area contributed by atoms with E-state index in [4.69, 9.17) is 34.6 Å². The van der Waals surface area contributed by atoms with Gasteiger partial charge in [-0.25, -0.2) is 29.9 Å². The van der Waals surface area contributed by atoms with Gasteiger partial charge in [-0.2, -0.15) is 0 Å². The van der Waals surface area contributed by atoms with Gasteiger partial charge in [0.1, 0.15) is 11.5 Å². The van der Waals surface area contributed by atoms with Crippen LogP contribution in [0.4, 0.5) is 0 Å². The second-order valence-corrected chi connectivity index (χ2v) is 18.6. The van der Waals surface area contributed by atoms with Gasteiger partial charge in [0.25, 0.3) is 0 Å². The summed E-state index contributed by atoms with van der Waals surface area (Å²) in [6.07, 6.45) is 0. The van der Waals surface area contributed by atoms with E-state index in [0.29, 0.717) is 34.9 Å². The van der Waals surface area contributed by atoms with Gasteiger partial charge in [0.05, 0.1) is 5.41 Å². The van der Waals surface area contributed by atoms with E-state index in [1.54, 1.807) is 0 Å². The molecule has 2 aromatic heterocycles. The molecule has 7 nitrogen and oxygen atoms in total. The summed E-state index contributed by atoms with van der Waals surface area (Å²) < 4.78 is 6.79. The number of hydrogen-bond donors (Lipinski definition) is 0. The van der Waals surface area contributed by atoms with Gasteiger partial charge in [-0.15, -0.1) is 0 Å². The first-order valence-corrected chi connectivity index (χ1v) is 24.8. The molecule has 0 radical (unpaired) electrons. The van der Waals surface area contributed by atoms with Crippen LogP contribution in [0, 0.1) is 0 Å². The molecule has 74 heavy (non-hydrogen) atoms. The topological polar surface area (TPSA) is 86.6 Å². The van der Waals surface area contributed by atoms with Crippen LogP contribution in [0.15, 0.2) is 255 Å². The Balaban J connectivity index is 0.964. The zero-order valence-corrected chi connectivity index (χ0v) is 39.8. The number of hydrogen-bond acceptors (Lipinski definition) is 7. The van der Waals surface area contributed by atoms with E-state index in [9.17, 15) is 0 Å². The van der Waals surface area contributed by atoms with Crippen LogP contribution in [0.2, 0.25) is 0 Å². The average Bonchev–Trinajstić information content (AvgIpc) is 3.77. The Hall–Kier alpha value is -9.98. The van der Waals surface area contributed by atoms with Gasteiger partial charge in [0, 0.05) is 44.5 Å². The lowest BCUT2D eigenvalue weighted by Gasteiger charge is -2.39. The third-order valence-electron chi connectivity index (χ3n) is 14.3. The molecule has 1 spiro atoms. The van der Waals surface area contributed by atoms with Crippen LogP contribution >= 0.6 is 0 Å². The Bertz CT molecular complexity index is 3870. The molecule has 0 atom stereocenters. The predicted molar refractivity (Wildman–Crippen MR) is 294 cm³/mol. The minimum atomic E-state index is -0.821. The fourth-order valence-electron chi connectivity index (χ4n) is 10.8. The normalized spacial score (nSPS) is 12.5. The summed E-state index contributed by atoms with van der Waals surface area (Å²) in [6.45, 7) is 0. The maximum atomic E-state index is 6.79. The molecule has 14 rings (SSSR count). The Morgan fingerprint density at radius 2 is 0.473 bits per heavy atom. The number of para-hydroxylation sites is 2. The number of aromatic nitrogens is 6. The molecule has 12 aromatic rings. The summed E-state index contributed by atoms with van der Waals surface area (Å²) >= 11 is 0. The minimum Gasteiger partial charge on any atom is -0.457 e. The standard InChI is InChI=1S/C67H42N6O/c1-5-17-43(18-6-1)45-29-33-49(34-30-45)63-69-64(50-35-31-46(32-36-50)44-19-7-2-8-20-44)73-66(72-63)52-38-40-54-53-39-37-51(65-70-61(47-21-9-3-10-22-47)68-62(71-65)48-23-11-4-12-24-48)41-57(53)67(58(54)42-52)55-25-13-15-27-59(55)74-60-28-16-14-26-56(60)67/h1-42H. The van der Waals surface area contributed by atoms with E-state index >= 15 is 0 Å². The average molecular weight is 947 g/mol. The van der Waals surface area contributed by atoms with Crippen molar-refractivity contribution in [3.8, 4) is 113 Å². The molecule has 3 heterocycles. The van der Waals surface area contributed by atoms with E-state index in [1.165, 1.54) is 0 Å². The number of fused-ring (bicyclic) bond motifs is 9. The number of ether oxygens (including phenoxy) is 1. The molecule has 0 bridgehead atoms. The maximum absolute atomic E-state index is 6.79. The second-order valence-electron chi connectivity index (χ2n) is 18.6. The Labute approximate surface area is 428 Å². The summed E-state index contributed by atoms with van der Waals surface area (Å²) in [7, 11) is 0. The van der Waals surface area contributed by atoms with Crippen molar-refractivity contribution in [1.82, 2.24) is 29.9 Å². The molecule has 346 valence electrons. The van der Waals surface area contributed by atoms with Crippen molar-refractivity contribution >= 4 is 0 Å². The van der Waals surface area contributed by atoms with Crippen molar-refractivity contribution in [2.45, 2.75) is 5.41 Å². The van der Waals surface area contributed by atoms with E-state index in [2.05, 4.69) is 170 Å². The molecule has 1 aliphatic heterocycles. The number of rotatable bonds is 8. The first-order chi connectivity index (χ1) is 36.6. The molecule has 0 saturated heterocycles. The largest absolute Gasteiger partial charge is 0.457 e. The summed E-state index contributed by atoms with van der Waals surface area (Å²) in [4.78, 5) is 31.2. The third kappa shape index (κ3) is 7.29. The number of benzene rings is 10. The zero-order valence-electron chi connectivity index (χ0n) is 39.8. The lowest BCUT2D eigenvalue weighted by Crippen LogP contribution is -2.32. The molecule has 0 saturated carbocycles. The van der Waals surface area contributed by atoms with Crippen LogP contribution < -0.4 is 4.74 Å². The second kappa shape index (κ2) is 17.7. The van der Waals surface area contributed by atoms with Gasteiger partial charge in [-0.3, -0.25) is 0 Å². The molecule has 0 N–H and O–H groups in total. The molecule has 0 fully saturated rings. The first kappa shape index (κ1) is 42.9. The van der Waals surface area contributed by atoms with Crippen LogP contribution in [0.5, 0.6) is 11.5 Å². The van der Waals surface area contributed by atoms with Crippen LogP contribution in [0.3, 0.4) is 0 Å². The van der Waals surface area contributed by atoms with E-state index in [-0.39, 0.29) is 0 Å². The highest BCUT2D eigenvalue weighted by molar-refractivity contribution is 5.91. The minimum absolute atomic E-state index is 0.569. The first-order valence-electron chi connectivity index (χ1n) is 24.8. The fourth-order valence-corrected chi connectivity index (χ4v) is 10.8. The molecule has 7 heteroatoms. The highest BCUT2D eigenvalue weighted by Crippen LogP contribution is 2.62. The SMILES string of the molecule is c1ccc(-c2ccc(-c3nc(-c4ccc(-c5ccccc5)cc4)nc(-c4ccc5c(c4)C4(c6ccccc6Oc6ccccc64)c4cc(-c6nc(-c7ccccc7)nc(-c7ccccc7)n6)ccc4-5)n3)cc2)cc1. The lowest BCUT2D eigenvalue weighted by atomic mass is 9.65. The van der Waals surface area contributed by atoms with E-state index < -0.39 is 5.41 Å². The highest BCUT2D eigenvalue weighted by atomic mass is 16.5. The van der Waals surface area contributed by atoms with Crippen LogP contribution in [0.25, 0.3) is 102 Å². The van der Waals surface area contributed by atoms with Crippen molar-refractivity contribution in [1.29, 1.82) is 0 Å². The quantitative estimate of drug-likeness (QED) is 0.150. The third-order valence-corrected chi connectivity index (χ3v) is 14.3. The van der Waals surface area contributed by atoms with E-state index in [0.717, 1.165) is 101 Å². The lowest BCUT2D eigenvalue weighted by molar-refractivity contribution is 0.436.